The number of halogens is 1. The van der Waals surface area contributed by atoms with E-state index in [-0.39, 0.29) is 0 Å². The lowest BCUT2D eigenvalue weighted by Gasteiger charge is -2.20. The predicted octanol–water partition coefficient (Wildman–Crippen LogP) is 6.01. The smallest absolute Gasteiger partial charge is 0.412 e. The second kappa shape index (κ2) is 11.3. The van der Waals surface area contributed by atoms with E-state index in [1.54, 1.807) is 46.1 Å². The van der Waals surface area contributed by atoms with Crippen LogP contribution in [-0.4, -0.2) is 31.2 Å². The number of amides is 1. The maximum atomic E-state index is 11.6. The number of hydrogen-bond acceptors (Lipinski definition) is 4. The van der Waals surface area contributed by atoms with Crippen molar-refractivity contribution in [3.05, 3.63) is 18.2 Å². The number of methoxy groups -OCH3 is 2. The van der Waals surface area contributed by atoms with Crippen molar-refractivity contribution in [1.82, 2.24) is 0 Å². The van der Waals surface area contributed by atoms with Crippen LogP contribution in [0.3, 0.4) is 0 Å². The van der Waals surface area contributed by atoms with Crippen LogP contribution in [0.1, 0.15) is 52.9 Å². The number of hydrogen-bond donors (Lipinski definition) is 1. The first-order valence-corrected chi connectivity index (χ1v) is 10.2. The average Bonchev–Trinajstić information content (AvgIpc) is 2.61. The number of rotatable bonds is 4. The van der Waals surface area contributed by atoms with Gasteiger partial charge < -0.3 is 14.2 Å². The monoisotopic (exact) mass is 429 g/mol. The third-order valence-electron chi connectivity index (χ3n) is 3.99. The largest absolute Gasteiger partial charge is 0.497 e. The van der Waals surface area contributed by atoms with Crippen LogP contribution in [0.25, 0.3) is 0 Å². The van der Waals surface area contributed by atoms with Crippen molar-refractivity contribution in [2.75, 3.05) is 24.9 Å². The highest BCUT2D eigenvalue weighted by atomic mass is 79.9. The molecule has 0 unspecified atom stereocenters. The zero-order chi connectivity index (χ0) is 19.6. The fourth-order valence-corrected chi connectivity index (χ4v) is 3.30. The Hall–Kier alpha value is -1.43. The first-order chi connectivity index (χ1) is 12.3. The summed E-state index contributed by atoms with van der Waals surface area (Å²) in [4.78, 5) is 11.6. The summed E-state index contributed by atoms with van der Waals surface area (Å²) in [6.45, 7) is 5.41. The first kappa shape index (κ1) is 22.6. The molecule has 0 aromatic heterocycles. The summed E-state index contributed by atoms with van der Waals surface area (Å²) in [5, 5.41) is 3.86. The van der Waals surface area contributed by atoms with Gasteiger partial charge in [-0.3, -0.25) is 5.32 Å². The number of alkyl halides is 1. The third-order valence-corrected chi connectivity index (χ3v) is 4.90. The van der Waals surface area contributed by atoms with Crippen LogP contribution in [0.15, 0.2) is 18.2 Å². The van der Waals surface area contributed by atoms with Crippen molar-refractivity contribution in [2.24, 2.45) is 5.92 Å². The zero-order valence-corrected chi connectivity index (χ0v) is 18.1. The van der Waals surface area contributed by atoms with E-state index in [0.29, 0.717) is 17.2 Å². The number of anilines is 1. The summed E-state index contributed by atoms with van der Waals surface area (Å²) >= 11 is 3.51. The lowest BCUT2D eigenvalue weighted by Crippen LogP contribution is -2.27. The highest BCUT2D eigenvalue weighted by Gasteiger charge is 2.17. The summed E-state index contributed by atoms with van der Waals surface area (Å²) in [5.74, 6) is 2.17. The van der Waals surface area contributed by atoms with Crippen molar-refractivity contribution in [2.45, 2.75) is 58.5 Å². The van der Waals surface area contributed by atoms with E-state index in [1.165, 1.54) is 44.5 Å². The summed E-state index contributed by atoms with van der Waals surface area (Å²) in [5.41, 5.74) is -0.00314. The van der Waals surface area contributed by atoms with Gasteiger partial charge in [0.15, 0.2) is 0 Å². The Bertz CT molecular complexity index is 551. The molecule has 0 spiro atoms. The predicted molar refractivity (Wildman–Crippen MR) is 110 cm³/mol. The molecule has 26 heavy (non-hydrogen) atoms. The molecule has 1 aromatic rings. The van der Waals surface area contributed by atoms with Crippen LogP contribution in [0.4, 0.5) is 10.5 Å². The molecular formula is C20H32BrNO4. The molecule has 1 amide bonds. The van der Waals surface area contributed by atoms with Crippen LogP contribution in [-0.2, 0) is 4.74 Å². The third kappa shape index (κ3) is 8.79. The van der Waals surface area contributed by atoms with Crippen LogP contribution in [0, 0.1) is 5.92 Å². The van der Waals surface area contributed by atoms with Gasteiger partial charge in [0.25, 0.3) is 0 Å². The van der Waals surface area contributed by atoms with Crippen molar-refractivity contribution >= 4 is 27.7 Å². The van der Waals surface area contributed by atoms with E-state index in [9.17, 15) is 4.79 Å². The van der Waals surface area contributed by atoms with Gasteiger partial charge >= 0.3 is 6.09 Å². The van der Waals surface area contributed by atoms with Crippen molar-refractivity contribution in [3.63, 3.8) is 0 Å². The second-order valence-corrected chi connectivity index (χ2v) is 8.00. The molecular weight excluding hydrogens is 398 g/mol. The van der Waals surface area contributed by atoms with E-state index in [1.807, 2.05) is 0 Å². The fourth-order valence-electron chi connectivity index (χ4n) is 2.66. The molecule has 0 heterocycles. The zero-order valence-electron chi connectivity index (χ0n) is 16.6. The van der Waals surface area contributed by atoms with Crippen molar-refractivity contribution in [3.8, 4) is 11.5 Å². The molecule has 1 aliphatic rings. The molecule has 6 heteroatoms. The lowest BCUT2D eigenvalue weighted by atomic mass is 9.91. The second-order valence-electron chi connectivity index (χ2n) is 7.35. The molecule has 0 atom stereocenters. The van der Waals surface area contributed by atoms with Crippen LogP contribution >= 0.6 is 15.9 Å². The molecule has 2 rings (SSSR count). The van der Waals surface area contributed by atoms with Crippen LogP contribution in [0.2, 0.25) is 0 Å². The number of ether oxygens (including phenoxy) is 3. The van der Waals surface area contributed by atoms with Crippen LogP contribution in [0.5, 0.6) is 11.5 Å². The Balaban J connectivity index is 0.000000350. The molecule has 0 radical (unpaired) electrons. The molecule has 1 aromatic carbocycles. The van der Waals surface area contributed by atoms with Gasteiger partial charge in [-0.2, -0.15) is 0 Å². The normalized spacial score (nSPS) is 14.7. The Kier molecular flexibility index (Phi) is 9.84. The van der Waals surface area contributed by atoms with Gasteiger partial charge in [-0.15, -0.1) is 0 Å². The Morgan fingerprint density at radius 1 is 1.15 bits per heavy atom. The van der Waals surface area contributed by atoms with Gasteiger partial charge in [0, 0.05) is 11.4 Å². The van der Waals surface area contributed by atoms with Gasteiger partial charge in [-0.25, -0.2) is 4.79 Å². The van der Waals surface area contributed by atoms with E-state index in [2.05, 4.69) is 21.2 Å². The number of carbonyl (C=O) groups is 1. The minimum absolute atomic E-state index is 0.514. The van der Waals surface area contributed by atoms with Crippen LogP contribution < -0.4 is 14.8 Å². The molecule has 0 bridgehead atoms. The SMILES string of the molecule is BrCC1CCCCC1.COc1ccc(NC(=O)OC(C)(C)C)c(OC)c1. The number of nitrogens with one attached hydrogen (secondary N) is 1. The highest BCUT2D eigenvalue weighted by Crippen LogP contribution is 2.29. The van der Waals surface area contributed by atoms with Gasteiger partial charge in [-0.1, -0.05) is 35.2 Å². The van der Waals surface area contributed by atoms with E-state index in [0.717, 1.165) is 5.92 Å². The van der Waals surface area contributed by atoms with Gasteiger partial charge in [-0.05, 0) is 51.7 Å². The molecule has 0 aliphatic heterocycles. The number of carbonyl (C=O) groups excluding carboxylic acids is 1. The van der Waals surface area contributed by atoms with Crippen molar-refractivity contribution in [1.29, 1.82) is 0 Å². The lowest BCUT2D eigenvalue weighted by molar-refractivity contribution is 0.0635. The van der Waals surface area contributed by atoms with Crippen molar-refractivity contribution < 1.29 is 19.0 Å². The minimum Gasteiger partial charge on any atom is -0.497 e. The maximum absolute atomic E-state index is 11.6. The Morgan fingerprint density at radius 3 is 2.27 bits per heavy atom. The highest BCUT2D eigenvalue weighted by molar-refractivity contribution is 9.09. The molecule has 1 saturated carbocycles. The molecule has 1 N–H and O–H groups in total. The first-order valence-electron chi connectivity index (χ1n) is 9.07. The summed E-state index contributed by atoms with van der Waals surface area (Å²) in [6.07, 6.45) is 6.82. The maximum Gasteiger partial charge on any atom is 0.412 e. The summed E-state index contributed by atoms with van der Waals surface area (Å²) in [6, 6.07) is 5.11. The quantitative estimate of drug-likeness (QED) is 0.594. The van der Waals surface area contributed by atoms with E-state index in [4.69, 9.17) is 14.2 Å². The van der Waals surface area contributed by atoms with Gasteiger partial charge in [0.05, 0.1) is 19.9 Å². The fraction of sp³-hybridized carbons (Fsp3) is 0.650. The Labute approximate surface area is 165 Å². The standard InChI is InChI=1S/C13H19NO4.C7H13Br/c1-13(2,3)18-12(15)14-10-7-6-9(16-4)8-11(10)17-5;8-6-7-4-2-1-3-5-7/h6-8H,1-5H3,(H,14,15);7H,1-6H2. The topological polar surface area (TPSA) is 56.8 Å². The molecule has 0 saturated heterocycles. The number of benzene rings is 1. The minimum atomic E-state index is -0.538. The summed E-state index contributed by atoms with van der Waals surface area (Å²) in [7, 11) is 3.09. The van der Waals surface area contributed by atoms with Gasteiger partial charge in [0.2, 0.25) is 0 Å². The molecule has 5 nitrogen and oxygen atoms in total. The van der Waals surface area contributed by atoms with E-state index >= 15 is 0 Å². The van der Waals surface area contributed by atoms with E-state index < -0.39 is 11.7 Å². The average molecular weight is 430 g/mol. The molecule has 1 fully saturated rings. The van der Waals surface area contributed by atoms with Gasteiger partial charge in [0.1, 0.15) is 17.1 Å². The molecule has 148 valence electrons. The summed E-state index contributed by atoms with van der Waals surface area (Å²) < 4.78 is 15.4. The Morgan fingerprint density at radius 2 is 1.81 bits per heavy atom. The molecule has 1 aliphatic carbocycles.